The fourth-order valence-electron chi connectivity index (χ4n) is 2.77. The van der Waals surface area contributed by atoms with Crippen molar-refractivity contribution in [2.24, 2.45) is 7.05 Å². The predicted molar refractivity (Wildman–Crippen MR) is 77.6 cm³/mol. The second kappa shape index (κ2) is 4.33. The third-order valence-corrected chi connectivity index (χ3v) is 4.23. The number of fused-ring (bicyclic) bond motifs is 1. The highest BCUT2D eigenvalue weighted by Gasteiger charge is 2.28. The zero-order chi connectivity index (χ0) is 13.7. The number of carbonyl (C=O) groups is 1. The molecule has 4 nitrogen and oxygen atoms in total. The number of imidazole rings is 1. The van der Waals surface area contributed by atoms with Crippen LogP contribution in [0.4, 0.5) is 0 Å². The van der Waals surface area contributed by atoms with E-state index in [1.54, 1.807) is 0 Å². The molecule has 104 valence electrons. The molecule has 0 aliphatic heterocycles. The van der Waals surface area contributed by atoms with E-state index in [0.717, 1.165) is 23.9 Å². The number of carbonyl (C=O) groups excluding carboxylic acids is 1. The molecule has 2 aliphatic carbocycles. The van der Waals surface area contributed by atoms with E-state index in [1.807, 2.05) is 6.07 Å². The maximum atomic E-state index is 11.9. The molecule has 0 unspecified atom stereocenters. The molecule has 4 rings (SSSR count). The van der Waals surface area contributed by atoms with Crippen LogP contribution >= 0.6 is 0 Å². The summed E-state index contributed by atoms with van der Waals surface area (Å²) >= 11 is 0. The van der Waals surface area contributed by atoms with Gasteiger partial charge in [-0.15, -0.1) is 0 Å². The highest BCUT2D eigenvalue weighted by molar-refractivity contribution is 5.82. The minimum atomic E-state index is 0.130. The second-order valence-corrected chi connectivity index (χ2v) is 6.14. The van der Waals surface area contributed by atoms with Crippen molar-refractivity contribution in [3.05, 3.63) is 29.6 Å². The van der Waals surface area contributed by atoms with Gasteiger partial charge in [0.25, 0.3) is 0 Å². The van der Waals surface area contributed by atoms with Gasteiger partial charge in [0.2, 0.25) is 5.91 Å². The molecule has 1 N–H and O–H groups in total. The molecular formula is C16H19N3O. The van der Waals surface area contributed by atoms with Crippen LogP contribution in [0.25, 0.3) is 11.0 Å². The van der Waals surface area contributed by atoms with Crippen LogP contribution in [0.3, 0.4) is 0 Å². The van der Waals surface area contributed by atoms with Gasteiger partial charge in [-0.25, -0.2) is 4.98 Å². The second-order valence-electron chi connectivity index (χ2n) is 6.14. The van der Waals surface area contributed by atoms with Gasteiger partial charge >= 0.3 is 0 Å². The summed E-state index contributed by atoms with van der Waals surface area (Å²) in [5.74, 6) is 1.97. The van der Waals surface area contributed by atoms with Crippen LogP contribution in [-0.2, 0) is 18.3 Å². The molecule has 0 radical (unpaired) electrons. The Morgan fingerprint density at radius 2 is 2.15 bits per heavy atom. The lowest BCUT2D eigenvalue weighted by Gasteiger charge is -2.04. The van der Waals surface area contributed by atoms with E-state index in [1.165, 1.54) is 24.2 Å². The van der Waals surface area contributed by atoms with Crippen LogP contribution in [0, 0.1) is 0 Å². The third-order valence-electron chi connectivity index (χ3n) is 4.23. The number of aromatic nitrogens is 2. The molecule has 20 heavy (non-hydrogen) atoms. The molecule has 0 bridgehead atoms. The van der Waals surface area contributed by atoms with Gasteiger partial charge in [0, 0.05) is 19.0 Å². The Morgan fingerprint density at radius 1 is 1.35 bits per heavy atom. The lowest BCUT2D eigenvalue weighted by molar-refractivity contribution is -0.120. The minimum Gasteiger partial charge on any atom is -0.353 e. The largest absolute Gasteiger partial charge is 0.353 e. The molecule has 0 spiro atoms. The van der Waals surface area contributed by atoms with Crippen LogP contribution in [0.15, 0.2) is 18.2 Å². The number of nitrogens with one attached hydrogen (secondary N) is 1. The van der Waals surface area contributed by atoms with E-state index < -0.39 is 0 Å². The zero-order valence-electron chi connectivity index (χ0n) is 11.7. The quantitative estimate of drug-likeness (QED) is 0.925. The molecular weight excluding hydrogens is 250 g/mol. The van der Waals surface area contributed by atoms with E-state index in [-0.39, 0.29) is 5.91 Å². The van der Waals surface area contributed by atoms with Gasteiger partial charge in [0.1, 0.15) is 5.82 Å². The fourth-order valence-corrected chi connectivity index (χ4v) is 2.77. The van der Waals surface area contributed by atoms with E-state index in [9.17, 15) is 4.79 Å². The van der Waals surface area contributed by atoms with Crippen LogP contribution in [0.5, 0.6) is 0 Å². The highest BCUT2D eigenvalue weighted by Crippen LogP contribution is 2.40. The Bertz CT molecular complexity index is 680. The average molecular weight is 269 g/mol. The molecule has 0 saturated heterocycles. The van der Waals surface area contributed by atoms with Crippen molar-refractivity contribution in [2.75, 3.05) is 0 Å². The first-order valence-corrected chi connectivity index (χ1v) is 7.45. The van der Waals surface area contributed by atoms with Gasteiger partial charge < -0.3 is 9.88 Å². The predicted octanol–water partition coefficient (Wildman–Crippen LogP) is 2.27. The van der Waals surface area contributed by atoms with Gasteiger partial charge in [-0.2, -0.15) is 0 Å². The number of benzene rings is 1. The zero-order valence-corrected chi connectivity index (χ0v) is 11.7. The number of nitrogens with zero attached hydrogens (tertiary/aromatic N) is 2. The maximum Gasteiger partial charge on any atom is 0.224 e. The first-order chi connectivity index (χ1) is 9.70. The number of rotatable bonds is 4. The van der Waals surface area contributed by atoms with E-state index >= 15 is 0 Å². The summed E-state index contributed by atoms with van der Waals surface area (Å²) in [6, 6.07) is 6.64. The lowest BCUT2D eigenvalue weighted by atomic mass is 10.1. The number of hydrogen-bond acceptors (Lipinski definition) is 2. The van der Waals surface area contributed by atoms with E-state index in [0.29, 0.717) is 18.4 Å². The lowest BCUT2D eigenvalue weighted by Crippen LogP contribution is -2.26. The Labute approximate surface area is 118 Å². The molecule has 4 heteroatoms. The Kier molecular flexibility index (Phi) is 2.59. The molecule has 1 aromatic carbocycles. The summed E-state index contributed by atoms with van der Waals surface area (Å²) in [4.78, 5) is 16.6. The van der Waals surface area contributed by atoms with Crippen molar-refractivity contribution in [2.45, 2.75) is 44.1 Å². The average Bonchev–Trinajstić information content (AvgIpc) is 3.30. The first-order valence-electron chi connectivity index (χ1n) is 7.45. The number of aryl methyl sites for hydroxylation is 1. The van der Waals surface area contributed by atoms with Gasteiger partial charge in [0.05, 0.1) is 17.5 Å². The van der Waals surface area contributed by atoms with E-state index in [2.05, 4.69) is 29.1 Å². The van der Waals surface area contributed by atoms with Crippen molar-refractivity contribution in [1.29, 1.82) is 0 Å². The molecule has 2 saturated carbocycles. The van der Waals surface area contributed by atoms with Crippen LogP contribution in [-0.4, -0.2) is 21.5 Å². The van der Waals surface area contributed by atoms with Crippen molar-refractivity contribution < 1.29 is 4.79 Å². The normalized spacial score (nSPS) is 18.4. The summed E-state index contributed by atoms with van der Waals surface area (Å²) in [6.07, 6.45) is 5.24. The SMILES string of the molecule is Cn1c(C2CC2)nc2cc(CC(=O)NC3CC3)ccc21. The van der Waals surface area contributed by atoms with Crippen LogP contribution < -0.4 is 5.32 Å². The molecule has 1 aromatic heterocycles. The molecule has 2 aromatic rings. The Balaban J connectivity index is 1.59. The maximum absolute atomic E-state index is 11.9. The monoisotopic (exact) mass is 269 g/mol. The molecule has 2 fully saturated rings. The van der Waals surface area contributed by atoms with Crippen molar-refractivity contribution in [3.8, 4) is 0 Å². The first kappa shape index (κ1) is 11.9. The molecule has 1 amide bonds. The van der Waals surface area contributed by atoms with Crippen LogP contribution in [0.2, 0.25) is 0 Å². The van der Waals surface area contributed by atoms with Crippen molar-refractivity contribution >= 4 is 16.9 Å². The summed E-state index contributed by atoms with van der Waals surface area (Å²) in [5.41, 5.74) is 3.24. The Hall–Kier alpha value is -1.84. The van der Waals surface area contributed by atoms with Gasteiger partial charge in [0.15, 0.2) is 0 Å². The highest BCUT2D eigenvalue weighted by atomic mass is 16.1. The standard InChI is InChI=1S/C16H19N3O/c1-19-14-7-2-10(9-15(20)17-12-5-6-12)8-13(14)18-16(19)11-3-4-11/h2,7-8,11-12H,3-6,9H2,1H3,(H,17,20). The molecule has 2 aliphatic rings. The molecule has 1 heterocycles. The summed E-state index contributed by atoms with van der Waals surface area (Å²) in [5, 5.41) is 3.03. The summed E-state index contributed by atoms with van der Waals surface area (Å²) < 4.78 is 2.20. The number of hydrogen-bond donors (Lipinski definition) is 1. The topological polar surface area (TPSA) is 46.9 Å². The smallest absolute Gasteiger partial charge is 0.224 e. The molecule has 0 atom stereocenters. The Morgan fingerprint density at radius 3 is 2.85 bits per heavy atom. The fraction of sp³-hybridized carbons (Fsp3) is 0.500. The third kappa shape index (κ3) is 2.19. The van der Waals surface area contributed by atoms with E-state index in [4.69, 9.17) is 4.98 Å². The van der Waals surface area contributed by atoms with Gasteiger partial charge in [-0.1, -0.05) is 6.07 Å². The van der Waals surface area contributed by atoms with Gasteiger partial charge in [-0.3, -0.25) is 4.79 Å². The summed E-state index contributed by atoms with van der Waals surface area (Å²) in [7, 11) is 2.09. The van der Waals surface area contributed by atoms with Crippen molar-refractivity contribution in [1.82, 2.24) is 14.9 Å². The van der Waals surface area contributed by atoms with Crippen LogP contribution in [0.1, 0.15) is 43.0 Å². The minimum absolute atomic E-state index is 0.130. The van der Waals surface area contributed by atoms with Gasteiger partial charge in [-0.05, 0) is 43.4 Å². The summed E-state index contributed by atoms with van der Waals surface area (Å²) in [6.45, 7) is 0. The van der Waals surface area contributed by atoms with Crippen molar-refractivity contribution in [3.63, 3.8) is 0 Å². The number of amides is 1.